The fraction of sp³-hybridized carbons (Fsp3) is 0.333. The highest BCUT2D eigenvalue weighted by Crippen LogP contribution is 2.30. The highest BCUT2D eigenvalue weighted by atomic mass is 35.5. The van der Waals surface area contributed by atoms with Gasteiger partial charge in [-0.2, -0.15) is 0 Å². The van der Waals surface area contributed by atoms with Gasteiger partial charge in [0.25, 0.3) is 0 Å². The van der Waals surface area contributed by atoms with Crippen molar-refractivity contribution in [2.75, 3.05) is 5.73 Å². The van der Waals surface area contributed by atoms with Gasteiger partial charge in [-0.1, -0.05) is 29.3 Å². The van der Waals surface area contributed by atoms with E-state index in [1.54, 1.807) is 11.3 Å². The first-order chi connectivity index (χ1) is 9.47. The van der Waals surface area contributed by atoms with E-state index in [4.69, 9.17) is 28.9 Å². The van der Waals surface area contributed by atoms with Crippen LogP contribution in [0.5, 0.6) is 0 Å². The third-order valence-corrected chi connectivity index (χ3v) is 4.68. The summed E-state index contributed by atoms with van der Waals surface area (Å²) in [7, 11) is 0. The first kappa shape index (κ1) is 15.6. The van der Waals surface area contributed by atoms with Gasteiger partial charge in [-0.25, -0.2) is 0 Å². The van der Waals surface area contributed by atoms with Crippen LogP contribution in [0.25, 0.3) is 0 Å². The van der Waals surface area contributed by atoms with Crippen molar-refractivity contribution >= 4 is 40.2 Å². The zero-order valence-corrected chi connectivity index (χ0v) is 13.9. The zero-order chi connectivity index (χ0) is 14.7. The van der Waals surface area contributed by atoms with Gasteiger partial charge in [0, 0.05) is 24.0 Å². The summed E-state index contributed by atoms with van der Waals surface area (Å²) in [6, 6.07) is 8.46. The second kappa shape index (κ2) is 6.81. The fourth-order valence-corrected chi connectivity index (χ4v) is 3.25. The monoisotopic (exact) mass is 328 g/mol. The SMILES string of the molecule is CC(C)N(Cc1cc(Cl)c(N)c(Cl)c1)Cc1cccs1. The van der Waals surface area contributed by atoms with Gasteiger partial charge in [-0.3, -0.25) is 4.90 Å². The van der Waals surface area contributed by atoms with Gasteiger partial charge in [0.05, 0.1) is 15.7 Å². The van der Waals surface area contributed by atoms with Crippen molar-refractivity contribution in [3.63, 3.8) is 0 Å². The molecule has 0 spiro atoms. The molecule has 0 unspecified atom stereocenters. The molecule has 0 atom stereocenters. The van der Waals surface area contributed by atoms with E-state index in [0.717, 1.165) is 18.7 Å². The quantitative estimate of drug-likeness (QED) is 0.778. The summed E-state index contributed by atoms with van der Waals surface area (Å²) >= 11 is 14.0. The Morgan fingerprint density at radius 2 is 1.85 bits per heavy atom. The molecule has 0 saturated carbocycles. The number of nitrogen functional groups attached to an aromatic ring is 1. The van der Waals surface area contributed by atoms with Crippen LogP contribution in [0.3, 0.4) is 0 Å². The van der Waals surface area contributed by atoms with Crippen LogP contribution in [0.2, 0.25) is 10.0 Å². The third kappa shape index (κ3) is 3.89. The molecule has 2 N–H and O–H groups in total. The number of hydrogen-bond acceptors (Lipinski definition) is 3. The van der Waals surface area contributed by atoms with Crippen molar-refractivity contribution in [3.8, 4) is 0 Å². The average Bonchev–Trinajstić information content (AvgIpc) is 2.88. The van der Waals surface area contributed by atoms with Gasteiger partial charge in [0.2, 0.25) is 0 Å². The Morgan fingerprint density at radius 3 is 2.35 bits per heavy atom. The van der Waals surface area contributed by atoms with E-state index in [-0.39, 0.29) is 0 Å². The normalized spacial score (nSPS) is 11.5. The molecule has 5 heteroatoms. The van der Waals surface area contributed by atoms with E-state index in [1.165, 1.54) is 4.88 Å². The molecule has 2 rings (SSSR count). The number of halogens is 2. The molecule has 0 saturated heterocycles. The number of hydrogen-bond donors (Lipinski definition) is 1. The predicted molar refractivity (Wildman–Crippen MR) is 89.6 cm³/mol. The molecule has 108 valence electrons. The number of nitrogens with zero attached hydrogens (tertiary/aromatic N) is 1. The maximum Gasteiger partial charge on any atom is 0.0693 e. The Labute approximate surface area is 134 Å². The summed E-state index contributed by atoms with van der Waals surface area (Å²) in [6.07, 6.45) is 0. The van der Waals surface area contributed by atoms with Crippen molar-refractivity contribution in [3.05, 3.63) is 50.1 Å². The molecule has 1 aromatic heterocycles. The van der Waals surface area contributed by atoms with E-state index < -0.39 is 0 Å². The fourth-order valence-electron chi connectivity index (χ4n) is 1.99. The Bertz CT molecular complexity index is 544. The van der Waals surface area contributed by atoms with Crippen molar-refractivity contribution in [2.45, 2.75) is 33.0 Å². The molecule has 20 heavy (non-hydrogen) atoms. The van der Waals surface area contributed by atoms with Gasteiger partial charge in [-0.15, -0.1) is 11.3 Å². The number of anilines is 1. The van der Waals surface area contributed by atoms with Gasteiger partial charge < -0.3 is 5.73 Å². The standard InChI is InChI=1S/C15H18Cl2N2S/c1-10(2)19(9-12-4-3-5-20-12)8-11-6-13(16)15(18)14(17)7-11/h3-7,10H,8-9,18H2,1-2H3. The second-order valence-electron chi connectivity index (χ2n) is 5.05. The van der Waals surface area contributed by atoms with E-state index in [0.29, 0.717) is 21.8 Å². The van der Waals surface area contributed by atoms with Crippen LogP contribution < -0.4 is 5.73 Å². The molecule has 1 aromatic carbocycles. The molecule has 2 aromatic rings. The molecule has 1 heterocycles. The number of nitrogens with two attached hydrogens (primary N) is 1. The maximum atomic E-state index is 6.10. The molecule has 0 aliphatic heterocycles. The minimum Gasteiger partial charge on any atom is -0.396 e. The van der Waals surface area contributed by atoms with Crippen molar-refractivity contribution in [1.29, 1.82) is 0 Å². The zero-order valence-electron chi connectivity index (χ0n) is 11.6. The first-order valence-electron chi connectivity index (χ1n) is 6.47. The van der Waals surface area contributed by atoms with Gasteiger partial charge in [0.15, 0.2) is 0 Å². The minimum atomic E-state index is 0.437. The molecule has 2 nitrogen and oxygen atoms in total. The molecule has 0 radical (unpaired) electrons. The van der Waals surface area contributed by atoms with Crippen LogP contribution in [0.1, 0.15) is 24.3 Å². The summed E-state index contributed by atoms with van der Waals surface area (Å²) in [5.41, 5.74) is 7.31. The Balaban J connectivity index is 2.16. The van der Waals surface area contributed by atoms with Crippen LogP contribution in [-0.2, 0) is 13.1 Å². The van der Waals surface area contributed by atoms with Crippen LogP contribution in [0.15, 0.2) is 29.6 Å². The lowest BCUT2D eigenvalue weighted by molar-refractivity contribution is 0.205. The average molecular weight is 329 g/mol. The number of benzene rings is 1. The van der Waals surface area contributed by atoms with E-state index in [2.05, 4.69) is 36.3 Å². The van der Waals surface area contributed by atoms with Crippen molar-refractivity contribution in [2.24, 2.45) is 0 Å². The predicted octanol–water partition coefficient (Wildman–Crippen LogP) is 5.05. The molecule has 0 aliphatic carbocycles. The lowest BCUT2D eigenvalue weighted by Crippen LogP contribution is -2.29. The summed E-state index contributed by atoms with van der Waals surface area (Å²) < 4.78 is 0. The topological polar surface area (TPSA) is 29.3 Å². The largest absolute Gasteiger partial charge is 0.396 e. The van der Waals surface area contributed by atoms with Crippen LogP contribution >= 0.6 is 34.5 Å². The second-order valence-corrected chi connectivity index (χ2v) is 6.90. The Morgan fingerprint density at radius 1 is 1.20 bits per heavy atom. The lowest BCUT2D eigenvalue weighted by Gasteiger charge is -2.26. The molecular formula is C15H18Cl2N2S. The van der Waals surface area contributed by atoms with Crippen LogP contribution in [-0.4, -0.2) is 10.9 Å². The number of thiophene rings is 1. The third-order valence-electron chi connectivity index (χ3n) is 3.19. The molecule has 0 fully saturated rings. The molecular weight excluding hydrogens is 311 g/mol. The van der Waals surface area contributed by atoms with Gasteiger partial charge in [0.1, 0.15) is 0 Å². The van der Waals surface area contributed by atoms with E-state index >= 15 is 0 Å². The first-order valence-corrected chi connectivity index (χ1v) is 8.10. The summed E-state index contributed by atoms with van der Waals surface area (Å²) in [6.45, 7) is 6.10. The summed E-state index contributed by atoms with van der Waals surface area (Å²) in [5.74, 6) is 0. The van der Waals surface area contributed by atoms with E-state index in [9.17, 15) is 0 Å². The molecule has 0 aliphatic rings. The minimum absolute atomic E-state index is 0.437. The highest BCUT2D eigenvalue weighted by molar-refractivity contribution is 7.09. The molecule has 0 bridgehead atoms. The lowest BCUT2D eigenvalue weighted by atomic mass is 10.1. The van der Waals surface area contributed by atoms with Crippen molar-refractivity contribution in [1.82, 2.24) is 4.90 Å². The molecule has 0 amide bonds. The summed E-state index contributed by atoms with van der Waals surface area (Å²) in [4.78, 5) is 3.73. The van der Waals surface area contributed by atoms with E-state index in [1.807, 2.05) is 12.1 Å². The van der Waals surface area contributed by atoms with Crippen molar-refractivity contribution < 1.29 is 0 Å². The van der Waals surface area contributed by atoms with Crippen LogP contribution in [0.4, 0.5) is 5.69 Å². The Kier molecular flexibility index (Phi) is 5.33. The van der Waals surface area contributed by atoms with Crippen LogP contribution in [0, 0.1) is 0 Å². The smallest absolute Gasteiger partial charge is 0.0693 e. The Hall–Kier alpha value is -0.740. The van der Waals surface area contributed by atoms with Gasteiger partial charge >= 0.3 is 0 Å². The maximum absolute atomic E-state index is 6.10. The van der Waals surface area contributed by atoms with Gasteiger partial charge in [-0.05, 0) is 43.0 Å². The highest BCUT2D eigenvalue weighted by Gasteiger charge is 2.13. The summed E-state index contributed by atoms with van der Waals surface area (Å²) in [5, 5.41) is 3.14. The number of rotatable bonds is 5.